The van der Waals surface area contributed by atoms with E-state index in [0.29, 0.717) is 42.0 Å². The van der Waals surface area contributed by atoms with Gasteiger partial charge in [-0.3, -0.25) is 14.5 Å². The monoisotopic (exact) mass is 382 g/mol. The molecule has 4 unspecified atom stereocenters. The third kappa shape index (κ3) is 3.52. The zero-order valence-electron chi connectivity index (χ0n) is 17.5. The van der Waals surface area contributed by atoms with Crippen LogP contribution in [0.4, 0.5) is 0 Å². The molecule has 4 heteroatoms. The summed E-state index contributed by atoms with van der Waals surface area (Å²) in [6, 6.07) is 9.84. The number of fused-ring (bicyclic) bond motifs is 2. The van der Waals surface area contributed by atoms with Crippen LogP contribution in [-0.4, -0.2) is 35.7 Å². The highest BCUT2D eigenvalue weighted by atomic mass is 16.2. The molecule has 1 aromatic rings. The van der Waals surface area contributed by atoms with Crippen LogP contribution in [0.2, 0.25) is 0 Å². The summed E-state index contributed by atoms with van der Waals surface area (Å²) in [6.07, 6.45) is 4.19. The molecule has 152 valence electrons. The van der Waals surface area contributed by atoms with Crippen LogP contribution in [0.5, 0.6) is 0 Å². The molecule has 4 fully saturated rings. The maximum absolute atomic E-state index is 13.1. The van der Waals surface area contributed by atoms with Crippen molar-refractivity contribution >= 4 is 11.7 Å². The van der Waals surface area contributed by atoms with Gasteiger partial charge in [0.1, 0.15) is 5.78 Å². The Kier molecular flexibility index (Phi) is 5.34. The van der Waals surface area contributed by atoms with E-state index in [-0.39, 0.29) is 17.9 Å². The van der Waals surface area contributed by atoms with Gasteiger partial charge in [-0.1, -0.05) is 51.1 Å². The highest BCUT2D eigenvalue weighted by molar-refractivity contribution is 5.86. The van der Waals surface area contributed by atoms with Crippen LogP contribution in [0.25, 0.3) is 0 Å². The van der Waals surface area contributed by atoms with E-state index in [1.807, 2.05) is 30.3 Å². The zero-order valence-corrected chi connectivity index (χ0v) is 17.5. The Bertz CT molecular complexity index is 729. The average molecular weight is 383 g/mol. The fourth-order valence-corrected chi connectivity index (χ4v) is 6.11. The molecule has 1 saturated heterocycles. The molecule has 5 atom stereocenters. The van der Waals surface area contributed by atoms with Crippen molar-refractivity contribution in [1.82, 2.24) is 10.2 Å². The molecule has 2 bridgehead atoms. The lowest BCUT2D eigenvalue weighted by molar-refractivity contribution is -0.153. The van der Waals surface area contributed by atoms with Gasteiger partial charge in [0, 0.05) is 12.5 Å². The Balaban J connectivity index is 1.32. The summed E-state index contributed by atoms with van der Waals surface area (Å²) in [5.41, 5.74) is 1.51. The van der Waals surface area contributed by atoms with Gasteiger partial charge < -0.3 is 5.32 Å². The van der Waals surface area contributed by atoms with Crippen LogP contribution in [0.3, 0.4) is 0 Å². The Morgan fingerprint density at radius 2 is 1.93 bits per heavy atom. The van der Waals surface area contributed by atoms with Crippen LogP contribution >= 0.6 is 0 Å². The van der Waals surface area contributed by atoms with E-state index in [1.165, 1.54) is 6.42 Å². The number of benzene rings is 1. The lowest BCUT2D eigenvalue weighted by atomic mass is 9.43. The van der Waals surface area contributed by atoms with Crippen LogP contribution in [-0.2, 0) is 16.1 Å². The molecule has 4 aliphatic rings. The number of ketones is 1. The Labute approximate surface area is 169 Å². The molecular weight excluding hydrogens is 348 g/mol. The van der Waals surface area contributed by atoms with Gasteiger partial charge in [-0.15, -0.1) is 0 Å². The number of amides is 1. The predicted molar refractivity (Wildman–Crippen MR) is 111 cm³/mol. The molecule has 0 spiro atoms. The molecule has 3 saturated carbocycles. The number of carbonyl (C=O) groups is 2. The van der Waals surface area contributed by atoms with E-state index < -0.39 is 0 Å². The van der Waals surface area contributed by atoms with Crippen molar-refractivity contribution < 1.29 is 9.59 Å². The Morgan fingerprint density at radius 3 is 2.61 bits per heavy atom. The van der Waals surface area contributed by atoms with Crippen LogP contribution < -0.4 is 5.32 Å². The molecule has 1 heterocycles. The quantitative estimate of drug-likeness (QED) is 0.817. The maximum atomic E-state index is 13.1. The molecule has 1 aliphatic heterocycles. The molecule has 0 radical (unpaired) electrons. The first-order valence-corrected chi connectivity index (χ1v) is 11.0. The largest absolute Gasteiger partial charge is 0.351 e. The van der Waals surface area contributed by atoms with Crippen molar-refractivity contribution in [3.8, 4) is 0 Å². The first-order valence-electron chi connectivity index (χ1n) is 11.0. The summed E-state index contributed by atoms with van der Waals surface area (Å²) in [5.74, 6) is 2.47. The van der Waals surface area contributed by atoms with Gasteiger partial charge in [0.2, 0.25) is 5.91 Å². The second kappa shape index (κ2) is 7.62. The molecule has 4 nitrogen and oxygen atoms in total. The maximum Gasteiger partial charge on any atom is 0.237 e. The topological polar surface area (TPSA) is 49.4 Å². The molecule has 0 aromatic heterocycles. The first kappa shape index (κ1) is 19.6. The first-order chi connectivity index (χ1) is 13.4. The molecule has 3 aliphatic carbocycles. The number of hydrogen-bond acceptors (Lipinski definition) is 3. The van der Waals surface area contributed by atoms with E-state index in [2.05, 4.69) is 31.0 Å². The second-order valence-electron chi connectivity index (χ2n) is 9.86. The van der Waals surface area contributed by atoms with Crippen LogP contribution in [0, 0.1) is 29.1 Å². The zero-order chi connectivity index (χ0) is 19.9. The third-order valence-electron chi connectivity index (χ3n) is 8.10. The van der Waals surface area contributed by atoms with Gasteiger partial charge in [0.15, 0.2) is 0 Å². The number of Topliss-reactive ketones (excluding diaryl/α,β-unsaturated/α-hetero) is 1. The van der Waals surface area contributed by atoms with Crippen LogP contribution in [0.1, 0.15) is 52.0 Å². The Morgan fingerprint density at radius 1 is 1.18 bits per heavy atom. The minimum atomic E-state index is -0.155. The van der Waals surface area contributed by atoms with Crippen molar-refractivity contribution in [2.75, 3.05) is 13.1 Å². The summed E-state index contributed by atoms with van der Waals surface area (Å²) >= 11 is 0. The van der Waals surface area contributed by atoms with E-state index >= 15 is 0 Å². The Hall–Kier alpha value is -1.68. The molecule has 1 N–H and O–H groups in total. The SMILES string of the molecule is CC1C(C(=O)CN2CCC[C@H]2C(=O)NCc2ccccc2)CC2CC1C2(C)C. The van der Waals surface area contributed by atoms with Gasteiger partial charge >= 0.3 is 0 Å². The summed E-state index contributed by atoms with van der Waals surface area (Å²) in [5, 5.41) is 3.07. The number of nitrogens with zero attached hydrogens (tertiary/aromatic N) is 1. The van der Waals surface area contributed by atoms with E-state index in [1.54, 1.807) is 0 Å². The molecule has 1 amide bonds. The van der Waals surface area contributed by atoms with Gasteiger partial charge in [-0.05, 0) is 61.0 Å². The fourth-order valence-electron chi connectivity index (χ4n) is 6.11. The third-order valence-corrected chi connectivity index (χ3v) is 8.10. The van der Waals surface area contributed by atoms with E-state index in [9.17, 15) is 9.59 Å². The number of nitrogens with one attached hydrogen (secondary N) is 1. The molecular formula is C24H34N2O2. The number of rotatable bonds is 6. The highest BCUT2D eigenvalue weighted by Gasteiger charge is 2.57. The minimum Gasteiger partial charge on any atom is -0.351 e. The van der Waals surface area contributed by atoms with Crippen molar-refractivity contribution in [2.24, 2.45) is 29.1 Å². The van der Waals surface area contributed by atoms with Gasteiger partial charge in [0.25, 0.3) is 0 Å². The molecule has 1 aromatic carbocycles. The van der Waals surface area contributed by atoms with Gasteiger partial charge in [-0.2, -0.15) is 0 Å². The predicted octanol–water partition coefficient (Wildman–Crippen LogP) is 3.65. The summed E-state index contributed by atoms with van der Waals surface area (Å²) < 4.78 is 0. The summed E-state index contributed by atoms with van der Waals surface area (Å²) in [4.78, 5) is 28.0. The summed E-state index contributed by atoms with van der Waals surface area (Å²) in [7, 11) is 0. The number of carbonyl (C=O) groups excluding carboxylic acids is 2. The summed E-state index contributed by atoms with van der Waals surface area (Å²) in [6.45, 7) is 8.87. The van der Waals surface area contributed by atoms with Crippen molar-refractivity contribution in [3.63, 3.8) is 0 Å². The van der Waals surface area contributed by atoms with E-state index in [4.69, 9.17) is 0 Å². The van der Waals surface area contributed by atoms with Gasteiger partial charge in [-0.25, -0.2) is 0 Å². The number of likely N-dealkylation sites (tertiary alicyclic amines) is 1. The standard InChI is InChI=1S/C24H34N2O2/c1-16-19(12-18-13-20(16)24(18,2)3)22(27)15-26-11-7-10-21(26)23(28)25-14-17-8-5-4-6-9-17/h4-6,8-9,16,18-21H,7,10-15H2,1-3H3,(H,25,28)/t16?,18?,19?,20?,21-/m0/s1. The highest BCUT2D eigenvalue weighted by Crippen LogP contribution is 2.63. The second-order valence-corrected chi connectivity index (χ2v) is 9.86. The van der Waals surface area contributed by atoms with Crippen LogP contribution in [0.15, 0.2) is 30.3 Å². The minimum absolute atomic E-state index is 0.0647. The fraction of sp³-hybridized carbons (Fsp3) is 0.667. The molecule has 28 heavy (non-hydrogen) atoms. The molecule has 5 rings (SSSR count). The lowest BCUT2D eigenvalue weighted by Gasteiger charge is -2.61. The van der Waals surface area contributed by atoms with Crippen molar-refractivity contribution in [2.45, 2.75) is 59.0 Å². The number of hydrogen-bond donors (Lipinski definition) is 1. The van der Waals surface area contributed by atoms with Gasteiger partial charge in [0.05, 0.1) is 12.6 Å². The van der Waals surface area contributed by atoms with Crippen molar-refractivity contribution in [1.29, 1.82) is 0 Å². The lowest BCUT2D eigenvalue weighted by Crippen LogP contribution is -2.57. The smallest absolute Gasteiger partial charge is 0.237 e. The normalized spacial score (nSPS) is 33.9. The average Bonchev–Trinajstić information content (AvgIpc) is 3.14. The van der Waals surface area contributed by atoms with Crippen molar-refractivity contribution in [3.05, 3.63) is 35.9 Å². The van der Waals surface area contributed by atoms with E-state index in [0.717, 1.165) is 31.4 Å².